The van der Waals surface area contributed by atoms with E-state index in [0.29, 0.717) is 0 Å². The molecule has 0 spiro atoms. The Morgan fingerprint density at radius 3 is 2.36 bits per heavy atom. The van der Waals surface area contributed by atoms with Crippen molar-refractivity contribution in [2.45, 2.75) is 13.1 Å². The van der Waals surface area contributed by atoms with E-state index in [9.17, 15) is 27.2 Å². The van der Waals surface area contributed by atoms with Gasteiger partial charge in [0.05, 0.1) is 10.7 Å². The Morgan fingerprint density at radius 1 is 1.23 bits per heavy atom. The van der Waals surface area contributed by atoms with Crippen molar-refractivity contribution in [2.75, 3.05) is 0 Å². The van der Waals surface area contributed by atoms with Crippen molar-refractivity contribution in [3.8, 4) is 5.82 Å². The van der Waals surface area contributed by atoms with Gasteiger partial charge in [0, 0.05) is 13.1 Å². The van der Waals surface area contributed by atoms with Crippen molar-refractivity contribution in [3.63, 3.8) is 0 Å². The van der Waals surface area contributed by atoms with Crippen molar-refractivity contribution < 1.29 is 17.6 Å². The van der Waals surface area contributed by atoms with Gasteiger partial charge in [0.25, 0.3) is 5.56 Å². The normalized spacial score (nSPS) is 11.8. The standard InChI is InChI=1S/C12H8ClF4N3O2/c1-5-6(13)3-7(14)10(18-5)20-9(21)4-8(12(15,16)17)19(2)11(20)22/h3-4H,1-2H3. The Labute approximate surface area is 125 Å². The van der Waals surface area contributed by atoms with Gasteiger partial charge in [-0.1, -0.05) is 11.6 Å². The van der Waals surface area contributed by atoms with Crippen LogP contribution in [0.4, 0.5) is 17.6 Å². The minimum atomic E-state index is -4.89. The smallest absolute Gasteiger partial charge is 0.292 e. The maximum atomic E-state index is 13.9. The molecule has 0 radical (unpaired) electrons. The van der Waals surface area contributed by atoms with Crippen molar-refractivity contribution >= 4 is 11.6 Å². The minimum absolute atomic E-state index is 0.0435. The summed E-state index contributed by atoms with van der Waals surface area (Å²) in [5.74, 6) is -1.81. The molecule has 0 atom stereocenters. The lowest BCUT2D eigenvalue weighted by atomic mass is 10.3. The molecular weight excluding hydrogens is 330 g/mol. The molecular formula is C12H8ClF4N3O2. The fraction of sp³-hybridized carbons (Fsp3) is 0.250. The third-order valence-corrected chi connectivity index (χ3v) is 3.29. The molecule has 5 nitrogen and oxygen atoms in total. The topological polar surface area (TPSA) is 56.9 Å². The third-order valence-electron chi connectivity index (χ3n) is 2.91. The van der Waals surface area contributed by atoms with E-state index in [1.807, 2.05) is 0 Å². The zero-order valence-electron chi connectivity index (χ0n) is 11.2. The molecule has 22 heavy (non-hydrogen) atoms. The van der Waals surface area contributed by atoms with Crippen molar-refractivity contribution in [3.05, 3.63) is 55.2 Å². The summed E-state index contributed by atoms with van der Waals surface area (Å²) in [6.45, 7) is 1.39. The lowest BCUT2D eigenvalue weighted by Crippen LogP contribution is -2.41. The third kappa shape index (κ3) is 2.63. The highest BCUT2D eigenvalue weighted by Crippen LogP contribution is 2.27. The Morgan fingerprint density at radius 2 is 1.82 bits per heavy atom. The summed E-state index contributed by atoms with van der Waals surface area (Å²) in [6, 6.07) is 1.02. The van der Waals surface area contributed by atoms with Crippen LogP contribution in [0.1, 0.15) is 11.4 Å². The highest BCUT2D eigenvalue weighted by atomic mass is 35.5. The van der Waals surface area contributed by atoms with Crippen LogP contribution < -0.4 is 11.2 Å². The van der Waals surface area contributed by atoms with Crippen molar-refractivity contribution in [2.24, 2.45) is 7.05 Å². The zero-order chi connectivity index (χ0) is 16.8. The first-order chi connectivity index (χ1) is 10.0. The van der Waals surface area contributed by atoms with Crippen LogP contribution in [0.15, 0.2) is 21.7 Å². The molecule has 2 rings (SSSR count). The van der Waals surface area contributed by atoms with Gasteiger partial charge in [-0.2, -0.15) is 13.2 Å². The maximum Gasteiger partial charge on any atom is 0.431 e. The summed E-state index contributed by atoms with van der Waals surface area (Å²) in [6.07, 6.45) is -4.89. The molecule has 0 unspecified atom stereocenters. The molecule has 0 aliphatic heterocycles. The molecule has 0 saturated heterocycles. The number of hydrogen-bond donors (Lipinski definition) is 0. The summed E-state index contributed by atoms with van der Waals surface area (Å²) in [5, 5.41) is -0.0435. The summed E-state index contributed by atoms with van der Waals surface area (Å²) >= 11 is 5.65. The average Bonchev–Trinajstić information content (AvgIpc) is 2.38. The van der Waals surface area contributed by atoms with Crippen LogP contribution in [-0.4, -0.2) is 14.1 Å². The van der Waals surface area contributed by atoms with E-state index in [1.165, 1.54) is 6.92 Å². The average molecular weight is 338 g/mol. The second kappa shape index (κ2) is 5.24. The van der Waals surface area contributed by atoms with Gasteiger partial charge in [-0.15, -0.1) is 0 Å². The number of nitrogens with zero attached hydrogens (tertiary/aromatic N) is 3. The van der Waals surface area contributed by atoms with E-state index in [2.05, 4.69) is 4.98 Å². The fourth-order valence-electron chi connectivity index (χ4n) is 1.80. The molecule has 118 valence electrons. The van der Waals surface area contributed by atoms with Gasteiger partial charge in [-0.05, 0) is 13.0 Å². The molecule has 0 saturated carbocycles. The van der Waals surface area contributed by atoms with Crippen LogP contribution in [0.2, 0.25) is 5.02 Å². The predicted molar refractivity (Wildman–Crippen MR) is 69.8 cm³/mol. The minimum Gasteiger partial charge on any atom is -0.292 e. The molecule has 0 aliphatic rings. The molecule has 0 bridgehead atoms. The quantitative estimate of drug-likeness (QED) is 0.748. The molecule has 0 aromatic carbocycles. The Bertz CT molecular complexity index is 870. The summed E-state index contributed by atoms with van der Waals surface area (Å²) in [4.78, 5) is 27.5. The highest BCUT2D eigenvalue weighted by molar-refractivity contribution is 6.31. The van der Waals surface area contributed by atoms with Crippen LogP contribution in [0, 0.1) is 12.7 Å². The van der Waals surface area contributed by atoms with Gasteiger partial charge in [-0.3, -0.25) is 9.36 Å². The van der Waals surface area contributed by atoms with E-state index < -0.39 is 34.8 Å². The summed E-state index contributed by atoms with van der Waals surface area (Å²) in [5.41, 5.74) is -4.03. The van der Waals surface area contributed by atoms with E-state index in [-0.39, 0.29) is 25.9 Å². The molecule has 0 N–H and O–H groups in total. The number of alkyl halides is 3. The van der Waals surface area contributed by atoms with E-state index >= 15 is 0 Å². The first kappa shape index (κ1) is 16.2. The second-order valence-corrected chi connectivity index (χ2v) is 4.81. The number of halogens is 5. The molecule has 0 aliphatic carbocycles. The largest absolute Gasteiger partial charge is 0.431 e. The van der Waals surface area contributed by atoms with Gasteiger partial charge in [-0.25, -0.2) is 18.7 Å². The number of aromatic nitrogens is 3. The van der Waals surface area contributed by atoms with Gasteiger partial charge < -0.3 is 0 Å². The Kier molecular flexibility index (Phi) is 3.86. The Balaban J connectivity index is 2.85. The van der Waals surface area contributed by atoms with Gasteiger partial charge in [0.1, 0.15) is 5.69 Å². The molecule has 0 amide bonds. The number of rotatable bonds is 1. The monoisotopic (exact) mass is 337 g/mol. The number of aryl methyl sites for hydroxylation is 1. The van der Waals surface area contributed by atoms with Crippen LogP contribution >= 0.6 is 11.6 Å². The summed E-state index contributed by atoms with van der Waals surface area (Å²) < 4.78 is 52.5. The van der Waals surface area contributed by atoms with E-state index in [1.54, 1.807) is 0 Å². The van der Waals surface area contributed by atoms with Crippen molar-refractivity contribution in [1.29, 1.82) is 0 Å². The van der Waals surface area contributed by atoms with E-state index in [0.717, 1.165) is 13.1 Å². The van der Waals surface area contributed by atoms with Crippen LogP contribution in [-0.2, 0) is 13.2 Å². The maximum absolute atomic E-state index is 13.9. The predicted octanol–water partition coefficient (Wildman–Crippen LogP) is 2.05. The molecule has 2 aromatic rings. The van der Waals surface area contributed by atoms with E-state index in [4.69, 9.17) is 11.6 Å². The lowest BCUT2D eigenvalue weighted by molar-refractivity contribution is -0.144. The SMILES string of the molecule is Cc1nc(-n2c(=O)cc(C(F)(F)F)n(C)c2=O)c(F)cc1Cl. The van der Waals surface area contributed by atoms with Crippen molar-refractivity contribution in [1.82, 2.24) is 14.1 Å². The molecule has 10 heteroatoms. The molecule has 2 heterocycles. The number of hydrogen-bond acceptors (Lipinski definition) is 3. The lowest BCUT2D eigenvalue weighted by Gasteiger charge is -2.14. The van der Waals surface area contributed by atoms with Gasteiger partial charge >= 0.3 is 11.9 Å². The van der Waals surface area contributed by atoms with Crippen LogP contribution in [0.5, 0.6) is 0 Å². The second-order valence-electron chi connectivity index (χ2n) is 4.40. The van der Waals surface area contributed by atoms with Crippen LogP contribution in [0.25, 0.3) is 5.82 Å². The fourth-order valence-corrected chi connectivity index (χ4v) is 1.93. The number of pyridine rings is 1. The highest BCUT2D eigenvalue weighted by Gasteiger charge is 2.35. The zero-order valence-corrected chi connectivity index (χ0v) is 12.0. The first-order valence-corrected chi connectivity index (χ1v) is 6.15. The van der Waals surface area contributed by atoms with Gasteiger partial charge in [0.15, 0.2) is 11.6 Å². The van der Waals surface area contributed by atoms with Gasteiger partial charge in [0.2, 0.25) is 0 Å². The summed E-state index contributed by atoms with van der Waals surface area (Å²) in [7, 11) is 0.821. The first-order valence-electron chi connectivity index (χ1n) is 5.77. The van der Waals surface area contributed by atoms with Crippen LogP contribution in [0.3, 0.4) is 0 Å². The molecule has 0 fully saturated rings. The molecule has 2 aromatic heterocycles. The Hall–Kier alpha value is -2.16.